The summed E-state index contributed by atoms with van der Waals surface area (Å²) in [5.41, 5.74) is 0.400. The number of hydrogen-bond acceptors (Lipinski definition) is 7. The molecule has 2 aromatic heterocycles. The van der Waals surface area contributed by atoms with E-state index in [-0.39, 0.29) is 24.5 Å². The van der Waals surface area contributed by atoms with E-state index in [1.807, 2.05) is 0 Å². The molecule has 0 unspecified atom stereocenters. The molecule has 0 aromatic carbocycles. The number of anilines is 3. The average molecular weight is 425 g/mol. The Balaban J connectivity index is 1.44. The van der Waals surface area contributed by atoms with Crippen molar-refractivity contribution in [3.8, 4) is 0 Å². The van der Waals surface area contributed by atoms with Gasteiger partial charge in [0.25, 0.3) is 0 Å². The Morgan fingerprint density at radius 1 is 1.37 bits per heavy atom. The zero-order valence-electron chi connectivity index (χ0n) is 16.7. The lowest BCUT2D eigenvalue weighted by molar-refractivity contribution is -0.144. The van der Waals surface area contributed by atoms with Crippen molar-refractivity contribution in [1.29, 1.82) is 0 Å². The summed E-state index contributed by atoms with van der Waals surface area (Å²) in [6, 6.07) is 0.430. The molecular weight excluding hydrogens is 403 g/mol. The van der Waals surface area contributed by atoms with Gasteiger partial charge in [-0.3, -0.25) is 9.48 Å². The van der Waals surface area contributed by atoms with Gasteiger partial charge in [0, 0.05) is 13.2 Å². The standard InChI is InChI=1S/C18H22F3N7O2/c1-9-14-15(27(3)10(2)16(29)25-14)26-17(23-9)24-11-6-12(30-8-11)7-28-13(4-5-22-28)18(19,20)21/h4-5,10-12H,6-8H2,1-3H3,(H,25,29)(H,23,24,26)/t10-,11-,12+/m0/s1. The van der Waals surface area contributed by atoms with Crippen molar-refractivity contribution in [2.24, 2.45) is 0 Å². The number of nitrogens with zero attached hydrogens (tertiary/aromatic N) is 5. The van der Waals surface area contributed by atoms with Crippen molar-refractivity contribution in [3.63, 3.8) is 0 Å². The number of fused-ring (bicyclic) bond motifs is 1. The van der Waals surface area contributed by atoms with Crippen LogP contribution in [0.25, 0.3) is 0 Å². The van der Waals surface area contributed by atoms with Crippen LogP contribution in [-0.4, -0.2) is 57.5 Å². The SMILES string of the molecule is Cc1nc(N[C@@H]2CO[C@@H](Cn3nccc3C(F)(F)F)C2)nc2c1NC(=O)[C@H](C)N2C. The fourth-order valence-electron chi connectivity index (χ4n) is 3.64. The summed E-state index contributed by atoms with van der Waals surface area (Å²) in [4.78, 5) is 22.7. The highest BCUT2D eigenvalue weighted by molar-refractivity contribution is 6.03. The molecule has 2 N–H and O–H groups in total. The van der Waals surface area contributed by atoms with Crippen molar-refractivity contribution in [2.45, 2.75) is 51.2 Å². The Kier molecular flexibility index (Phi) is 5.04. The molecule has 162 valence electrons. The Bertz CT molecular complexity index is 962. The van der Waals surface area contributed by atoms with Crippen molar-refractivity contribution >= 4 is 23.4 Å². The molecule has 4 heterocycles. The number of carbonyl (C=O) groups is 1. The summed E-state index contributed by atoms with van der Waals surface area (Å²) in [6.45, 7) is 3.88. The van der Waals surface area contributed by atoms with E-state index in [0.717, 1.165) is 16.9 Å². The zero-order valence-corrected chi connectivity index (χ0v) is 16.7. The van der Waals surface area contributed by atoms with Gasteiger partial charge in [0.1, 0.15) is 17.4 Å². The molecule has 12 heteroatoms. The summed E-state index contributed by atoms with van der Waals surface area (Å²) >= 11 is 0. The van der Waals surface area contributed by atoms with Gasteiger partial charge in [-0.2, -0.15) is 23.3 Å². The number of rotatable bonds is 4. The first-order valence-corrected chi connectivity index (χ1v) is 9.53. The number of halogens is 3. The predicted molar refractivity (Wildman–Crippen MR) is 102 cm³/mol. The maximum atomic E-state index is 13.0. The highest BCUT2D eigenvalue weighted by atomic mass is 19.4. The second kappa shape index (κ2) is 7.42. The molecule has 1 saturated heterocycles. The van der Waals surface area contributed by atoms with E-state index in [2.05, 4.69) is 25.7 Å². The largest absolute Gasteiger partial charge is 0.433 e. The zero-order chi connectivity index (χ0) is 21.6. The van der Waals surface area contributed by atoms with Crippen LogP contribution in [0.2, 0.25) is 0 Å². The minimum atomic E-state index is -4.46. The predicted octanol–water partition coefficient (Wildman–Crippen LogP) is 2.05. The molecule has 0 bridgehead atoms. The molecule has 0 radical (unpaired) electrons. The van der Waals surface area contributed by atoms with Crippen LogP contribution >= 0.6 is 0 Å². The van der Waals surface area contributed by atoms with Crippen molar-refractivity contribution in [3.05, 3.63) is 23.7 Å². The van der Waals surface area contributed by atoms with E-state index in [9.17, 15) is 18.0 Å². The minimum Gasteiger partial charge on any atom is -0.374 e. The molecule has 1 amide bonds. The quantitative estimate of drug-likeness (QED) is 0.774. The fourth-order valence-corrected chi connectivity index (χ4v) is 3.64. The Morgan fingerprint density at radius 3 is 2.87 bits per heavy atom. The number of aromatic nitrogens is 4. The third-order valence-corrected chi connectivity index (χ3v) is 5.41. The van der Waals surface area contributed by atoms with E-state index in [0.29, 0.717) is 36.2 Å². The van der Waals surface area contributed by atoms with Gasteiger partial charge in [-0.05, 0) is 26.3 Å². The summed E-state index contributed by atoms with van der Waals surface area (Å²) < 4.78 is 45.6. The molecule has 0 saturated carbocycles. The topological polar surface area (TPSA) is 97.2 Å². The van der Waals surface area contributed by atoms with Gasteiger partial charge >= 0.3 is 6.18 Å². The van der Waals surface area contributed by atoms with E-state index in [1.165, 1.54) is 0 Å². The number of ether oxygens (including phenoxy) is 1. The van der Waals surface area contributed by atoms with Gasteiger partial charge in [0.2, 0.25) is 11.9 Å². The average Bonchev–Trinajstić information content (AvgIpc) is 3.31. The summed E-state index contributed by atoms with van der Waals surface area (Å²) in [5, 5.41) is 9.78. The second-order valence-corrected chi connectivity index (χ2v) is 7.54. The van der Waals surface area contributed by atoms with Crippen LogP contribution in [0.3, 0.4) is 0 Å². The molecular formula is C18H22F3N7O2. The summed E-state index contributed by atoms with van der Waals surface area (Å²) in [7, 11) is 1.79. The van der Waals surface area contributed by atoms with Gasteiger partial charge in [0.15, 0.2) is 5.82 Å². The molecule has 9 nitrogen and oxygen atoms in total. The normalized spacial score (nSPS) is 24.0. The van der Waals surface area contributed by atoms with Gasteiger partial charge in [-0.25, -0.2) is 4.98 Å². The molecule has 2 aliphatic rings. The molecule has 1 fully saturated rings. The van der Waals surface area contributed by atoms with Crippen LogP contribution in [0.4, 0.5) is 30.6 Å². The summed E-state index contributed by atoms with van der Waals surface area (Å²) in [5.74, 6) is 0.867. The van der Waals surface area contributed by atoms with Gasteiger partial charge in [0.05, 0.1) is 31.0 Å². The number of alkyl halides is 3. The van der Waals surface area contributed by atoms with Crippen molar-refractivity contribution < 1.29 is 22.7 Å². The van der Waals surface area contributed by atoms with E-state index in [1.54, 1.807) is 25.8 Å². The Morgan fingerprint density at radius 2 is 2.13 bits per heavy atom. The molecule has 4 rings (SSSR count). The number of carbonyl (C=O) groups excluding carboxylic acids is 1. The lowest BCUT2D eigenvalue weighted by Crippen LogP contribution is -2.45. The number of likely N-dealkylation sites (N-methyl/N-ethyl adjacent to an activating group) is 1. The maximum absolute atomic E-state index is 13.0. The smallest absolute Gasteiger partial charge is 0.374 e. The lowest BCUT2D eigenvalue weighted by Gasteiger charge is -2.32. The first-order chi connectivity index (χ1) is 14.1. The van der Waals surface area contributed by atoms with Crippen LogP contribution in [0.15, 0.2) is 12.3 Å². The molecule has 2 aliphatic heterocycles. The third kappa shape index (κ3) is 3.78. The van der Waals surface area contributed by atoms with Crippen LogP contribution in [-0.2, 0) is 22.3 Å². The Labute approximate surface area is 170 Å². The van der Waals surface area contributed by atoms with Crippen molar-refractivity contribution in [1.82, 2.24) is 19.7 Å². The lowest BCUT2D eigenvalue weighted by atomic mass is 10.1. The molecule has 0 spiro atoms. The highest BCUT2D eigenvalue weighted by Gasteiger charge is 2.36. The maximum Gasteiger partial charge on any atom is 0.433 e. The van der Waals surface area contributed by atoms with E-state index >= 15 is 0 Å². The molecule has 30 heavy (non-hydrogen) atoms. The van der Waals surface area contributed by atoms with Crippen LogP contribution in [0, 0.1) is 6.92 Å². The van der Waals surface area contributed by atoms with Gasteiger partial charge in [-0.1, -0.05) is 0 Å². The molecule has 0 aliphatic carbocycles. The number of amides is 1. The summed E-state index contributed by atoms with van der Waals surface area (Å²) in [6.07, 6.45) is -3.25. The fraction of sp³-hybridized carbons (Fsp3) is 0.556. The number of hydrogen-bond donors (Lipinski definition) is 2. The number of aryl methyl sites for hydroxylation is 1. The number of nitrogens with one attached hydrogen (secondary N) is 2. The minimum absolute atomic E-state index is 0.0103. The van der Waals surface area contributed by atoms with Gasteiger partial charge in [-0.15, -0.1) is 0 Å². The first kappa shape index (κ1) is 20.4. The van der Waals surface area contributed by atoms with E-state index in [4.69, 9.17) is 4.74 Å². The van der Waals surface area contributed by atoms with Crippen LogP contribution in [0.5, 0.6) is 0 Å². The first-order valence-electron chi connectivity index (χ1n) is 9.53. The molecule has 2 aromatic rings. The van der Waals surface area contributed by atoms with Crippen LogP contribution in [0.1, 0.15) is 24.7 Å². The highest BCUT2D eigenvalue weighted by Crippen LogP contribution is 2.33. The van der Waals surface area contributed by atoms with E-state index < -0.39 is 18.0 Å². The molecule has 3 atom stereocenters. The third-order valence-electron chi connectivity index (χ3n) is 5.41. The van der Waals surface area contributed by atoms with Crippen LogP contribution < -0.4 is 15.5 Å². The van der Waals surface area contributed by atoms with Crippen molar-refractivity contribution in [2.75, 3.05) is 29.2 Å². The Hall–Kier alpha value is -2.89. The monoisotopic (exact) mass is 425 g/mol. The second-order valence-electron chi connectivity index (χ2n) is 7.54. The van der Waals surface area contributed by atoms with Gasteiger partial charge < -0.3 is 20.3 Å².